The number of thiazole rings is 1. The number of pyridine rings is 1. The molecule has 0 atom stereocenters. The molecular weight excluding hydrogens is 372 g/mol. The molecule has 25 heavy (non-hydrogen) atoms. The number of ether oxygens (including phenoxy) is 1. The van der Waals surface area contributed by atoms with Crippen molar-refractivity contribution in [3.05, 3.63) is 46.8 Å². The zero-order valence-corrected chi connectivity index (χ0v) is 15.8. The van der Waals surface area contributed by atoms with Gasteiger partial charge in [0.2, 0.25) is 0 Å². The Morgan fingerprint density at radius 3 is 2.80 bits per heavy atom. The van der Waals surface area contributed by atoms with E-state index in [1.165, 1.54) is 0 Å². The maximum atomic E-state index is 5.66. The summed E-state index contributed by atoms with van der Waals surface area (Å²) in [7, 11) is 0. The number of anilines is 2. The summed E-state index contributed by atoms with van der Waals surface area (Å²) in [5.41, 5.74) is 0.940. The molecule has 3 aromatic rings. The predicted octanol–water partition coefficient (Wildman–Crippen LogP) is 3.89. The van der Waals surface area contributed by atoms with Crippen LogP contribution in [0, 0.1) is 0 Å². The lowest BCUT2D eigenvalue weighted by molar-refractivity contribution is 0.122. The first-order chi connectivity index (χ1) is 12.3. The molecule has 1 saturated heterocycles. The molecule has 0 saturated carbocycles. The first kappa shape index (κ1) is 16.6. The number of thiocarbonyl (C=S) groups is 1. The minimum Gasteiger partial charge on any atom is -0.378 e. The molecule has 0 amide bonds. The van der Waals surface area contributed by atoms with E-state index in [0.29, 0.717) is 4.99 Å². The summed E-state index contributed by atoms with van der Waals surface area (Å²) in [5.74, 6) is 0.742. The fourth-order valence-electron chi connectivity index (χ4n) is 2.54. The highest BCUT2D eigenvalue weighted by atomic mass is 32.1. The lowest BCUT2D eigenvalue weighted by Gasteiger charge is -2.26. The smallest absolute Gasteiger partial charge is 0.186 e. The number of hydrogen-bond donors (Lipinski definition) is 1. The highest BCUT2D eigenvalue weighted by Crippen LogP contribution is 2.36. The van der Waals surface area contributed by atoms with Gasteiger partial charge in [-0.15, -0.1) is 11.3 Å². The molecule has 3 aromatic heterocycles. The molecule has 0 spiro atoms. The number of aromatic nitrogens is 2. The van der Waals surface area contributed by atoms with E-state index in [4.69, 9.17) is 21.9 Å². The second kappa shape index (κ2) is 7.57. The van der Waals surface area contributed by atoms with Gasteiger partial charge >= 0.3 is 0 Å². The van der Waals surface area contributed by atoms with Gasteiger partial charge in [0.25, 0.3) is 0 Å². The largest absolute Gasteiger partial charge is 0.378 e. The number of rotatable bonds is 4. The van der Waals surface area contributed by atoms with Crippen molar-refractivity contribution in [2.75, 3.05) is 36.5 Å². The van der Waals surface area contributed by atoms with Crippen molar-refractivity contribution in [1.29, 1.82) is 0 Å². The SMILES string of the molecule is S=C(Nc1ccccn1)c1sc(N2CCOCC2)nc1-c1cccs1. The van der Waals surface area contributed by atoms with Crippen molar-refractivity contribution in [2.45, 2.75) is 0 Å². The summed E-state index contributed by atoms with van der Waals surface area (Å²) >= 11 is 8.96. The second-order valence-corrected chi connectivity index (χ2v) is 7.75. The van der Waals surface area contributed by atoms with Gasteiger partial charge < -0.3 is 15.0 Å². The Morgan fingerprint density at radius 1 is 1.20 bits per heavy atom. The summed E-state index contributed by atoms with van der Waals surface area (Å²) in [6.45, 7) is 3.19. The Morgan fingerprint density at radius 2 is 2.08 bits per heavy atom. The first-order valence-electron chi connectivity index (χ1n) is 7.91. The van der Waals surface area contributed by atoms with E-state index in [2.05, 4.69) is 26.6 Å². The third-order valence-electron chi connectivity index (χ3n) is 3.76. The Labute approximate surface area is 159 Å². The molecule has 5 nitrogen and oxygen atoms in total. The van der Waals surface area contributed by atoms with Crippen molar-refractivity contribution in [3.8, 4) is 10.6 Å². The quantitative estimate of drug-likeness (QED) is 0.685. The molecule has 4 heterocycles. The minimum atomic E-state index is 0.652. The van der Waals surface area contributed by atoms with Gasteiger partial charge in [-0.3, -0.25) is 0 Å². The van der Waals surface area contributed by atoms with Gasteiger partial charge in [0.15, 0.2) is 5.13 Å². The van der Waals surface area contributed by atoms with Gasteiger partial charge in [0.05, 0.1) is 23.0 Å². The lowest BCUT2D eigenvalue weighted by atomic mass is 10.3. The van der Waals surface area contributed by atoms with Gasteiger partial charge in [-0.05, 0) is 23.6 Å². The maximum absolute atomic E-state index is 5.66. The molecule has 0 aliphatic carbocycles. The monoisotopic (exact) mass is 388 g/mol. The van der Waals surface area contributed by atoms with Crippen LogP contribution in [-0.4, -0.2) is 41.3 Å². The van der Waals surface area contributed by atoms with E-state index in [0.717, 1.165) is 52.7 Å². The van der Waals surface area contributed by atoms with Crippen LogP contribution in [0.5, 0.6) is 0 Å². The summed E-state index contributed by atoms with van der Waals surface area (Å²) in [4.78, 5) is 14.2. The highest BCUT2D eigenvalue weighted by molar-refractivity contribution is 7.81. The van der Waals surface area contributed by atoms with Crippen molar-refractivity contribution < 1.29 is 4.74 Å². The number of morpholine rings is 1. The van der Waals surface area contributed by atoms with Crippen molar-refractivity contribution in [2.24, 2.45) is 0 Å². The lowest BCUT2D eigenvalue weighted by Crippen LogP contribution is -2.36. The van der Waals surface area contributed by atoms with Crippen LogP contribution in [0.4, 0.5) is 10.9 Å². The van der Waals surface area contributed by atoms with Crippen LogP contribution in [-0.2, 0) is 4.74 Å². The topological polar surface area (TPSA) is 50.3 Å². The average molecular weight is 389 g/mol. The molecule has 128 valence electrons. The molecule has 0 unspecified atom stereocenters. The Balaban J connectivity index is 1.67. The van der Waals surface area contributed by atoms with Crippen molar-refractivity contribution in [3.63, 3.8) is 0 Å². The normalized spacial score (nSPS) is 14.5. The van der Waals surface area contributed by atoms with Gasteiger partial charge in [0, 0.05) is 19.3 Å². The van der Waals surface area contributed by atoms with Gasteiger partial charge in [-0.1, -0.05) is 35.7 Å². The van der Waals surface area contributed by atoms with E-state index < -0.39 is 0 Å². The number of hydrogen-bond acceptors (Lipinski definition) is 7. The van der Waals surface area contributed by atoms with Crippen molar-refractivity contribution >= 4 is 50.8 Å². The van der Waals surface area contributed by atoms with E-state index >= 15 is 0 Å². The Hall–Kier alpha value is -1.87. The average Bonchev–Trinajstić information content (AvgIpc) is 3.33. The van der Waals surface area contributed by atoms with Gasteiger partial charge in [-0.2, -0.15) is 0 Å². The molecule has 1 fully saturated rings. The summed E-state index contributed by atoms with van der Waals surface area (Å²) in [6.07, 6.45) is 1.75. The van der Waals surface area contributed by atoms with Crippen LogP contribution in [0.2, 0.25) is 0 Å². The Bertz CT molecular complexity index is 842. The summed E-state index contributed by atoms with van der Waals surface area (Å²) < 4.78 is 5.45. The molecule has 0 bridgehead atoms. The van der Waals surface area contributed by atoms with E-state index in [1.807, 2.05) is 24.3 Å². The predicted molar refractivity (Wildman–Crippen MR) is 108 cm³/mol. The summed E-state index contributed by atoms with van der Waals surface area (Å²) in [5, 5.41) is 6.28. The standard InChI is InChI=1S/C17H16N4OS3/c23-16(19-13-5-1-2-6-18-13)15-14(12-4-3-11-24-12)20-17(25-15)21-7-9-22-10-8-21/h1-6,11H,7-10H2,(H,18,19,23). The number of nitrogens with one attached hydrogen (secondary N) is 1. The number of thiophene rings is 1. The third kappa shape index (κ3) is 3.72. The van der Waals surface area contributed by atoms with E-state index in [-0.39, 0.29) is 0 Å². The molecule has 0 aromatic carbocycles. The fraction of sp³-hybridized carbons (Fsp3) is 0.235. The molecule has 4 rings (SSSR count). The second-order valence-electron chi connectivity index (χ2n) is 5.42. The van der Waals surface area contributed by atoms with Gasteiger partial charge in [0.1, 0.15) is 16.5 Å². The van der Waals surface area contributed by atoms with Crippen LogP contribution < -0.4 is 10.2 Å². The van der Waals surface area contributed by atoms with Gasteiger partial charge in [-0.25, -0.2) is 9.97 Å². The molecule has 1 aliphatic heterocycles. The minimum absolute atomic E-state index is 0.652. The summed E-state index contributed by atoms with van der Waals surface area (Å²) in [6, 6.07) is 9.84. The highest BCUT2D eigenvalue weighted by Gasteiger charge is 2.22. The molecule has 1 N–H and O–H groups in total. The van der Waals surface area contributed by atoms with Crippen LogP contribution in [0.15, 0.2) is 41.9 Å². The maximum Gasteiger partial charge on any atom is 0.186 e. The number of nitrogens with zero attached hydrogens (tertiary/aromatic N) is 3. The molecule has 1 aliphatic rings. The first-order valence-corrected chi connectivity index (χ1v) is 10.0. The fourth-order valence-corrected chi connectivity index (χ4v) is 4.68. The van der Waals surface area contributed by atoms with Crippen LogP contribution >= 0.6 is 34.9 Å². The molecular formula is C17H16N4OS3. The Kier molecular flexibility index (Phi) is 5.02. The van der Waals surface area contributed by atoms with Crippen LogP contribution in [0.3, 0.4) is 0 Å². The van der Waals surface area contributed by atoms with Crippen molar-refractivity contribution in [1.82, 2.24) is 9.97 Å². The molecule has 0 radical (unpaired) electrons. The molecule has 8 heteroatoms. The zero-order chi connectivity index (χ0) is 17.1. The van der Waals surface area contributed by atoms with E-state index in [9.17, 15) is 0 Å². The van der Waals surface area contributed by atoms with E-state index in [1.54, 1.807) is 28.9 Å². The third-order valence-corrected chi connectivity index (χ3v) is 6.21. The van der Waals surface area contributed by atoms with Crippen LogP contribution in [0.25, 0.3) is 10.6 Å². The zero-order valence-electron chi connectivity index (χ0n) is 13.3. The van der Waals surface area contributed by atoms with Crippen LogP contribution in [0.1, 0.15) is 4.88 Å².